The van der Waals surface area contributed by atoms with Crippen molar-refractivity contribution in [2.24, 2.45) is 0 Å². The molecule has 2 aromatic carbocycles. The molecule has 0 radical (unpaired) electrons. The number of hydrogen-bond acceptors (Lipinski definition) is 4. The van der Waals surface area contributed by atoms with Crippen molar-refractivity contribution in [2.75, 3.05) is 13.7 Å². The fraction of sp³-hybridized carbons (Fsp3) is 0.174. The number of amides is 1. The topological polar surface area (TPSA) is 89.0 Å². The van der Waals surface area contributed by atoms with Gasteiger partial charge < -0.3 is 15.0 Å². The first-order valence-corrected chi connectivity index (χ1v) is 10.2. The van der Waals surface area contributed by atoms with E-state index >= 15 is 0 Å². The van der Waals surface area contributed by atoms with Crippen LogP contribution in [0.1, 0.15) is 5.56 Å². The molecule has 31 heavy (non-hydrogen) atoms. The number of halogens is 1. The number of fused-ring (bicyclic) bond motifs is 1. The lowest BCUT2D eigenvalue weighted by atomic mass is 10.1. The SMILES string of the molecule is COc1ccccc1-c1ccc(=O)n(CC(=O)NCCc2c[nH]c3ccc(Cl)cc23)n1. The first-order chi connectivity index (χ1) is 15.0. The van der Waals surface area contributed by atoms with Gasteiger partial charge in [0, 0.05) is 40.3 Å². The van der Waals surface area contributed by atoms with Gasteiger partial charge in [0.25, 0.3) is 5.56 Å². The first-order valence-electron chi connectivity index (χ1n) is 9.79. The van der Waals surface area contributed by atoms with Crippen LogP contribution >= 0.6 is 11.6 Å². The molecular formula is C23H21ClN4O3. The molecule has 7 nitrogen and oxygen atoms in total. The van der Waals surface area contributed by atoms with Gasteiger partial charge in [0.05, 0.1) is 12.8 Å². The van der Waals surface area contributed by atoms with Crippen molar-refractivity contribution in [1.29, 1.82) is 0 Å². The van der Waals surface area contributed by atoms with E-state index in [2.05, 4.69) is 15.4 Å². The maximum atomic E-state index is 12.4. The molecule has 2 heterocycles. The van der Waals surface area contributed by atoms with Gasteiger partial charge in [0.15, 0.2) is 0 Å². The molecular weight excluding hydrogens is 416 g/mol. The van der Waals surface area contributed by atoms with Crippen molar-refractivity contribution < 1.29 is 9.53 Å². The van der Waals surface area contributed by atoms with Gasteiger partial charge in [-0.3, -0.25) is 9.59 Å². The second kappa shape index (κ2) is 9.06. The van der Waals surface area contributed by atoms with Gasteiger partial charge in [-0.1, -0.05) is 23.7 Å². The molecule has 2 N–H and O–H groups in total. The smallest absolute Gasteiger partial charge is 0.267 e. The Labute approximate surface area is 183 Å². The maximum Gasteiger partial charge on any atom is 0.267 e. The molecule has 4 rings (SSSR count). The van der Waals surface area contributed by atoms with Crippen LogP contribution in [0.5, 0.6) is 5.75 Å². The van der Waals surface area contributed by atoms with Crippen molar-refractivity contribution in [1.82, 2.24) is 20.1 Å². The minimum absolute atomic E-state index is 0.165. The van der Waals surface area contributed by atoms with Crippen molar-refractivity contribution >= 4 is 28.4 Å². The summed E-state index contributed by atoms with van der Waals surface area (Å²) in [5, 5.41) is 8.89. The minimum atomic E-state index is -0.347. The van der Waals surface area contributed by atoms with Crippen LogP contribution in [0, 0.1) is 0 Å². The highest BCUT2D eigenvalue weighted by molar-refractivity contribution is 6.31. The Morgan fingerprint density at radius 2 is 2.03 bits per heavy atom. The maximum absolute atomic E-state index is 12.4. The molecule has 4 aromatic rings. The third kappa shape index (κ3) is 4.62. The highest BCUT2D eigenvalue weighted by atomic mass is 35.5. The van der Waals surface area contributed by atoms with Crippen LogP contribution < -0.4 is 15.6 Å². The third-order valence-corrected chi connectivity index (χ3v) is 5.22. The number of carbonyl (C=O) groups is 1. The number of benzene rings is 2. The van der Waals surface area contributed by atoms with Crippen LogP contribution in [0.3, 0.4) is 0 Å². The summed E-state index contributed by atoms with van der Waals surface area (Å²) in [5.41, 5.74) is 3.01. The number of aromatic amines is 1. The van der Waals surface area contributed by atoms with E-state index in [4.69, 9.17) is 16.3 Å². The van der Waals surface area contributed by atoms with Crippen molar-refractivity contribution in [3.8, 4) is 17.0 Å². The van der Waals surface area contributed by atoms with Gasteiger partial charge in [0.2, 0.25) is 5.91 Å². The molecule has 8 heteroatoms. The summed E-state index contributed by atoms with van der Waals surface area (Å²) in [6.07, 6.45) is 2.55. The highest BCUT2D eigenvalue weighted by Gasteiger charge is 2.11. The summed E-state index contributed by atoms with van der Waals surface area (Å²) < 4.78 is 6.52. The van der Waals surface area contributed by atoms with Gasteiger partial charge in [-0.05, 0) is 48.4 Å². The van der Waals surface area contributed by atoms with E-state index in [1.54, 1.807) is 13.2 Å². The van der Waals surface area contributed by atoms with Gasteiger partial charge in [-0.25, -0.2) is 4.68 Å². The third-order valence-electron chi connectivity index (χ3n) is 4.99. The molecule has 0 unspecified atom stereocenters. The molecule has 1 amide bonds. The standard InChI is InChI=1S/C23H21ClN4O3/c1-31-21-5-3-2-4-17(21)20-8-9-23(30)28(27-20)14-22(29)25-11-10-15-13-26-19-7-6-16(24)12-18(15)19/h2-9,12-13,26H,10-11,14H2,1H3,(H,25,29). The second-order valence-corrected chi connectivity index (χ2v) is 7.45. The van der Waals surface area contributed by atoms with Crippen LogP contribution in [0.4, 0.5) is 0 Å². The summed E-state index contributed by atoms with van der Waals surface area (Å²) in [4.78, 5) is 27.8. The molecule has 0 saturated heterocycles. The van der Waals surface area contributed by atoms with E-state index in [9.17, 15) is 9.59 Å². The summed E-state index contributed by atoms with van der Waals surface area (Å²) in [7, 11) is 1.57. The molecule has 0 saturated carbocycles. The van der Waals surface area contributed by atoms with Crippen LogP contribution in [-0.4, -0.2) is 34.3 Å². The first kappa shape index (κ1) is 20.7. The number of carbonyl (C=O) groups excluding carboxylic acids is 1. The highest BCUT2D eigenvalue weighted by Crippen LogP contribution is 2.27. The summed E-state index contributed by atoms with van der Waals surface area (Å²) >= 11 is 6.08. The summed E-state index contributed by atoms with van der Waals surface area (Å²) in [5.74, 6) is 0.355. The lowest BCUT2D eigenvalue weighted by molar-refractivity contribution is -0.121. The fourth-order valence-electron chi connectivity index (χ4n) is 3.45. The largest absolute Gasteiger partial charge is 0.496 e. The van der Waals surface area contributed by atoms with E-state index in [0.717, 1.165) is 26.7 Å². The predicted molar refractivity (Wildman–Crippen MR) is 121 cm³/mol. The van der Waals surface area contributed by atoms with Crippen LogP contribution in [0.25, 0.3) is 22.2 Å². The Balaban J connectivity index is 1.42. The van der Waals surface area contributed by atoms with E-state index in [0.29, 0.717) is 29.4 Å². The van der Waals surface area contributed by atoms with Gasteiger partial charge >= 0.3 is 0 Å². The van der Waals surface area contributed by atoms with Gasteiger partial charge in [0.1, 0.15) is 12.3 Å². The minimum Gasteiger partial charge on any atom is -0.496 e. The zero-order valence-corrected chi connectivity index (χ0v) is 17.6. The molecule has 0 aliphatic rings. The van der Waals surface area contributed by atoms with E-state index in [-0.39, 0.29) is 18.0 Å². The van der Waals surface area contributed by atoms with Crippen LogP contribution in [0.15, 0.2) is 65.6 Å². The van der Waals surface area contributed by atoms with E-state index < -0.39 is 0 Å². The Kier molecular flexibility index (Phi) is 6.04. The van der Waals surface area contributed by atoms with Crippen molar-refractivity contribution in [3.63, 3.8) is 0 Å². The van der Waals surface area contributed by atoms with E-state index in [1.807, 2.05) is 48.7 Å². The Bertz CT molecular complexity index is 1300. The number of rotatable bonds is 7. The monoisotopic (exact) mass is 436 g/mol. The van der Waals surface area contributed by atoms with Crippen molar-refractivity contribution in [3.05, 3.63) is 81.7 Å². The Morgan fingerprint density at radius 1 is 1.19 bits per heavy atom. The average Bonchev–Trinajstić information content (AvgIpc) is 3.17. The zero-order chi connectivity index (χ0) is 21.8. The molecule has 2 aromatic heterocycles. The summed E-state index contributed by atoms with van der Waals surface area (Å²) in [6.45, 7) is 0.265. The molecule has 0 atom stereocenters. The Hall–Kier alpha value is -3.58. The molecule has 0 aliphatic heterocycles. The Morgan fingerprint density at radius 3 is 2.87 bits per heavy atom. The molecule has 0 aliphatic carbocycles. The van der Waals surface area contributed by atoms with Gasteiger partial charge in [-0.15, -0.1) is 0 Å². The molecule has 0 fully saturated rings. The number of ether oxygens (including phenoxy) is 1. The summed E-state index contributed by atoms with van der Waals surface area (Å²) in [6, 6.07) is 16.1. The molecule has 0 spiro atoms. The lowest BCUT2D eigenvalue weighted by Gasteiger charge is -2.10. The number of aromatic nitrogens is 3. The van der Waals surface area contributed by atoms with Crippen molar-refractivity contribution in [2.45, 2.75) is 13.0 Å². The number of para-hydroxylation sites is 1. The van der Waals surface area contributed by atoms with Crippen LogP contribution in [-0.2, 0) is 17.8 Å². The number of nitrogens with zero attached hydrogens (tertiary/aromatic N) is 2. The second-order valence-electron chi connectivity index (χ2n) is 7.02. The quantitative estimate of drug-likeness (QED) is 0.464. The fourth-order valence-corrected chi connectivity index (χ4v) is 3.62. The number of H-pyrrole nitrogens is 1. The number of methoxy groups -OCH3 is 1. The average molecular weight is 437 g/mol. The van der Waals surface area contributed by atoms with E-state index in [1.165, 1.54) is 6.07 Å². The normalized spacial score (nSPS) is 10.9. The number of hydrogen-bond donors (Lipinski definition) is 2. The van der Waals surface area contributed by atoms with Gasteiger partial charge in [-0.2, -0.15) is 5.10 Å². The predicted octanol–water partition coefficient (Wildman–Crippen LogP) is 3.41. The molecule has 0 bridgehead atoms. The zero-order valence-electron chi connectivity index (χ0n) is 16.9. The van der Waals surface area contributed by atoms with Crippen LogP contribution in [0.2, 0.25) is 5.02 Å². The molecule has 158 valence electrons. The number of nitrogens with one attached hydrogen (secondary N) is 2. The lowest BCUT2D eigenvalue weighted by Crippen LogP contribution is -2.34.